The maximum absolute atomic E-state index is 12.7. The van der Waals surface area contributed by atoms with E-state index in [0.29, 0.717) is 0 Å². The van der Waals surface area contributed by atoms with Crippen LogP contribution in [0, 0.1) is 11.8 Å². The smallest absolute Gasteiger partial charge is 0.319 e. The van der Waals surface area contributed by atoms with Crippen molar-refractivity contribution in [3.8, 4) is 0 Å². The summed E-state index contributed by atoms with van der Waals surface area (Å²) in [6.45, 7) is 3.88. The van der Waals surface area contributed by atoms with Gasteiger partial charge in [0.2, 0.25) is 11.8 Å². The van der Waals surface area contributed by atoms with Gasteiger partial charge in [-0.05, 0) is 19.4 Å². The molecule has 0 spiro atoms. The lowest BCUT2D eigenvalue weighted by Gasteiger charge is -2.34. The van der Waals surface area contributed by atoms with Crippen LogP contribution in [0.5, 0.6) is 0 Å². The van der Waals surface area contributed by atoms with Gasteiger partial charge in [-0.1, -0.05) is 42.5 Å². The van der Waals surface area contributed by atoms with Crippen LogP contribution in [0.25, 0.3) is 0 Å². The number of likely N-dealkylation sites (tertiary alicyclic amines) is 1. The summed E-state index contributed by atoms with van der Waals surface area (Å²) in [5.41, 5.74) is 0.848. The lowest BCUT2D eigenvalue weighted by molar-refractivity contribution is -0.164. The molecule has 5 heteroatoms. The third-order valence-corrected chi connectivity index (χ3v) is 3.84. The molecule has 5 nitrogen and oxygen atoms in total. The van der Waals surface area contributed by atoms with E-state index in [1.54, 1.807) is 26.0 Å². The standard InChI is InChI=1S/C18H21NO4/c1-3-8-14-11-15(20)19(12-13-9-6-5-7-10-13)17(21)16(14)18(22)23-4-2/h3,5-10,14,16H,4,11-12H2,1-2H3/b8-3+/t14-,16+/m1/s1. The molecule has 0 aromatic heterocycles. The number of ether oxygens (including phenoxy) is 1. The Balaban J connectivity index is 2.26. The van der Waals surface area contributed by atoms with Crippen molar-refractivity contribution in [3.05, 3.63) is 48.0 Å². The molecule has 1 fully saturated rings. The Hall–Kier alpha value is -2.43. The molecule has 23 heavy (non-hydrogen) atoms. The topological polar surface area (TPSA) is 63.7 Å². The van der Waals surface area contributed by atoms with Gasteiger partial charge >= 0.3 is 5.97 Å². The molecular weight excluding hydrogens is 294 g/mol. The third kappa shape index (κ3) is 3.86. The Morgan fingerprint density at radius 2 is 2.00 bits per heavy atom. The quantitative estimate of drug-likeness (QED) is 0.362. The summed E-state index contributed by atoms with van der Waals surface area (Å²) in [7, 11) is 0. The molecule has 0 radical (unpaired) electrons. The predicted octanol–water partition coefficient (Wildman–Crippen LogP) is 2.32. The van der Waals surface area contributed by atoms with Crippen LogP contribution in [-0.4, -0.2) is 29.3 Å². The molecule has 0 unspecified atom stereocenters. The van der Waals surface area contributed by atoms with Gasteiger partial charge in [0.15, 0.2) is 0 Å². The van der Waals surface area contributed by atoms with E-state index in [4.69, 9.17) is 4.74 Å². The second kappa shape index (κ2) is 7.72. The number of rotatable bonds is 5. The Bertz CT molecular complexity index is 609. The number of hydrogen-bond acceptors (Lipinski definition) is 4. The van der Waals surface area contributed by atoms with E-state index in [1.807, 2.05) is 30.3 Å². The number of piperidine rings is 1. The number of benzene rings is 1. The zero-order valence-corrected chi connectivity index (χ0v) is 13.4. The SMILES string of the molecule is C/C=C/[C@@H]1CC(=O)N(Cc2ccccc2)C(=O)[C@H]1C(=O)OCC. The maximum Gasteiger partial charge on any atom is 0.319 e. The number of amides is 2. The van der Waals surface area contributed by atoms with Crippen molar-refractivity contribution < 1.29 is 19.1 Å². The van der Waals surface area contributed by atoms with Crippen molar-refractivity contribution in [1.29, 1.82) is 0 Å². The van der Waals surface area contributed by atoms with Gasteiger partial charge in [-0.25, -0.2) is 0 Å². The van der Waals surface area contributed by atoms with Gasteiger partial charge in [-0.15, -0.1) is 0 Å². The summed E-state index contributed by atoms with van der Waals surface area (Å²) in [5, 5.41) is 0. The first-order valence-electron chi connectivity index (χ1n) is 7.76. The van der Waals surface area contributed by atoms with Crippen molar-refractivity contribution in [2.45, 2.75) is 26.8 Å². The first-order chi connectivity index (χ1) is 11.1. The van der Waals surface area contributed by atoms with E-state index < -0.39 is 23.7 Å². The normalized spacial score (nSPS) is 21.7. The highest BCUT2D eigenvalue weighted by molar-refractivity contribution is 6.08. The van der Waals surface area contributed by atoms with E-state index >= 15 is 0 Å². The third-order valence-electron chi connectivity index (χ3n) is 3.84. The number of hydrogen-bond donors (Lipinski definition) is 0. The van der Waals surface area contributed by atoms with Gasteiger partial charge in [0.1, 0.15) is 5.92 Å². The van der Waals surface area contributed by atoms with Crippen LogP contribution in [-0.2, 0) is 25.7 Å². The molecule has 2 amide bonds. The number of nitrogens with zero attached hydrogens (tertiary/aromatic N) is 1. The van der Waals surface area contributed by atoms with Gasteiger partial charge in [0.05, 0.1) is 13.2 Å². The molecule has 1 aromatic carbocycles. The van der Waals surface area contributed by atoms with Crippen LogP contribution >= 0.6 is 0 Å². The Morgan fingerprint density at radius 3 is 2.61 bits per heavy atom. The van der Waals surface area contributed by atoms with Crippen LogP contribution < -0.4 is 0 Å². The molecule has 1 saturated heterocycles. The van der Waals surface area contributed by atoms with Crippen LogP contribution in [0.15, 0.2) is 42.5 Å². The number of allylic oxidation sites excluding steroid dienone is 2. The molecule has 0 bridgehead atoms. The van der Waals surface area contributed by atoms with Gasteiger partial charge in [0.25, 0.3) is 0 Å². The Kier molecular flexibility index (Phi) is 5.68. The van der Waals surface area contributed by atoms with Crippen molar-refractivity contribution in [2.24, 2.45) is 11.8 Å². The van der Waals surface area contributed by atoms with Crippen LogP contribution in [0.1, 0.15) is 25.8 Å². The van der Waals surface area contributed by atoms with E-state index in [0.717, 1.165) is 10.5 Å². The molecule has 1 aromatic rings. The molecule has 122 valence electrons. The van der Waals surface area contributed by atoms with Crippen molar-refractivity contribution in [2.75, 3.05) is 6.61 Å². The molecule has 2 atom stereocenters. The maximum atomic E-state index is 12.7. The minimum Gasteiger partial charge on any atom is -0.465 e. The van der Waals surface area contributed by atoms with Crippen molar-refractivity contribution in [1.82, 2.24) is 4.90 Å². The average molecular weight is 315 g/mol. The predicted molar refractivity (Wildman–Crippen MR) is 85.0 cm³/mol. The van der Waals surface area contributed by atoms with E-state index in [-0.39, 0.29) is 25.5 Å². The summed E-state index contributed by atoms with van der Waals surface area (Å²) in [6, 6.07) is 9.25. The van der Waals surface area contributed by atoms with E-state index in [1.165, 1.54) is 0 Å². The summed E-state index contributed by atoms with van der Waals surface area (Å²) < 4.78 is 5.03. The zero-order chi connectivity index (χ0) is 16.8. The summed E-state index contributed by atoms with van der Waals surface area (Å²) in [4.78, 5) is 38.4. The van der Waals surface area contributed by atoms with Gasteiger partial charge < -0.3 is 4.74 Å². The number of imide groups is 1. The summed E-state index contributed by atoms with van der Waals surface area (Å²) in [6.07, 6.45) is 3.62. The zero-order valence-electron chi connectivity index (χ0n) is 13.4. The molecule has 0 saturated carbocycles. The molecule has 1 heterocycles. The molecular formula is C18H21NO4. The van der Waals surface area contributed by atoms with E-state index in [9.17, 15) is 14.4 Å². The molecule has 0 N–H and O–H groups in total. The fraction of sp³-hybridized carbons (Fsp3) is 0.389. The summed E-state index contributed by atoms with van der Waals surface area (Å²) >= 11 is 0. The fourth-order valence-electron chi connectivity index (χ4n) is 2.77. The highest BCUT2D eigenvalue weighted by Gasteiger charge is 2.45. The molecule has 1 aliphatic rings. The van der Waals surface area contributed by atoms with Gasteiger partial charge in [0, 0.05) is 12.3 Å². The largest absolute Gasteiger partial charge is 0.465 e. The minimum atomic E-state index is -0.951. The average Bonchev–Trinajstić information content (AvgIpc) is 2.53. The molecule has 2 rings (SSSR count). The fourth-order valence-corrected chi connectivity index (χ4v) is 2.77. The van der Waals surface area contributed by atoms with Gasteiger partial charge in [-0.2, -0.15) is 0 Å². The summed E-state index contributed by atoms with van der Waals surface area (Å²) in [5.74, 6) is -2.70. The second-order valence-electron chi connectivity index (χ2n) is 5.43. The number of carbonyl (C=O) groups is 3. The monoisotopic (exact) mass is 315 g/mol. The Morgan fingerprint density at radius 1 is 1.30 bits per heavy atom. The lowest BCUT2D eigenvalue weighted by Crippen LogP contribution is -2.51. The number of esters is 1. The molecule has 1 aliphatic heterocycles. The second-order valence-corrected chi connectivity index (χ2v) is 5.43. The van der Waals surface area contributed by atoms with Crippen LogP contribution in [0.2, 0.25) is 0 Å². The van der Waals surface area contributed by atoms with Crippen molar-refractivity contribution in [3.63, 3.8) is 0 Å². The minimum absolute atomic E-state index is 0.131. The van der Waals surface area contributed by atoms with E-state index in [2.05, 4.69) is 0 Å². The highest BCUT2D eigenvalue weighted by atomic mass is 16.5. The first-order valence-corrected chi connectivity index (χ1v) is 7.76. The highest BCUT2D eigenvalue weighted by Crippen LogP contribution is 2.29. The lowest BCUT2D eigenvalue weighted by atomic mass is 9.83. The van der Waals surface area contributed by atoms with Gasteiger partial charge in [-0.3, -0.25) is 19.3 Å². The van der Waals surface area contributed by atoms with Crippen LogP contribution in [0.3, 0.4) is 0 Å². The Labute approximate surface area is 135 Å². The molecule has 0 aliphatic carbocycles. The van der Waals surface area contributed by atoms with Crippen molar-refractivity contribution >= 4 is 17.8 Å². The number of carbonyl (C=O) groups excluding carboxylic acids is 3. The first kappa shape index (κ1) is 16.9. The van der Waals surface area contributed by atoms with Crippen LogP contribution in [0.4, 0.5) is 0 Å².